The van der Waals surface area contributed by atoms with Crippen molar-refractivity contribution in [1.82, 2.24) is 0 Å². The molecule has 1 aromatic rings. The molecule has 2 atom stereocenters. The van der Waals surface area contributed by atoms with Crippen molar-refractivity contribution in [1.29, 1.82) is 0 Å². The molecule has 0 aliphatic rings. The van der Waals surface area contributed by atoms with Gasteiger partial charge in [-0.1, -0.05) is 17.8 Å². The number of aromatic hydroxyl groups is 1. The first-order valence-corrected chi connectivity index (χ1v) is 5.88. The third-order valence-corrected chi connectivity index (χ3v) is 3.05. The molecule has 1 rings (SSSR count). The first-order valence-electron chi connectivity index (χ1n) is 4.89. The Bertz CT molecular complexity index is 410. The molecule has 94 valence electrons. The minimum atomic E-state index is -1.29. The molecule has 2 unspecified atom stereocenters. The monoisotopic (exact) mass is 260 g/mol. The van der Waals surface area contributed by atoms with Crippen molar-refractivity contribution in [3.05, 3.63) is 29.6 Å². The lowest BCUT2D eigenvalue weighted by Gasteiger charge is -2.17. The van der Waals surface area contributed by atoms with E-state index in [9.17, 15) is 19.4 Å². The van der Waals surface area contributed by atoms with E-state index < -0.39 is 23.8 Å². The van der Waals surface area contributed by atoms with Gasteiger partial charge in [-0.3, -0.25) is 4.79 Å². The highest BCUT2D eigenvalue weighted by molar-refractivity contribution is 8.13. The topological polar surface area (TPSA) is 77.8 Å². The molecule has 0 bridgehead atoms. The molecule has 1 aromatic carbocycles. The van der Waals surface area contributed by atoms with E-state index in [0.29, 0.717) is 0 Å². The van der Waals surface area contributed by atoms with Crippen LogP contribution in [0.25, 0.3) is 0 Å². The maximum absolute atomic E-state index is 13.0. The van der Waals surface area contributed by atoms with Crippen LogP contribution in [0.2, 0.25) is 0 Å². The summed E-state index contributed by atoms with van der Waals surface area (Å²) in [5, 5.41) is 28.1. The third-order valence-electron chi connectivity index (χ3n) is 2.14. The lowest BCUT2D eigenvalue weighted by molar-refractivity contribution is -0.109. The Labute approximate surface area is 102 Å². The Balaban J connectivity index is 2.70. The fourth-order valence-electron chi connectivity index (χ4n) is 1.22. The molecule has 3 N–H and O–H groups in total. The van der Waals surface area contributed by atoms with Crippen molar-refractivity contribution < 1.29 is 24.5 Å². The third kappa shape index (κ3) is 3.99. The Kier molecular flexibility index (Phi) is 4.92. The molecule has 6 heteroatoms. The maximum atomic E-state index is 13.0. The van der Waals surface area contributed by atoms with Crippen molar-refractivity contribution in [2.24, 2.45) is 0 Å². The largest absolute Gasteiger partial charge is 0.505 e. The molecule has 0 saturated carbocycles. The second-order valence-electron chi connectivity index (χ2n) is 3.53. The highest BCUT2D eigenvalue weighted by Gasteiger charge is 2.20. The highest BCUT2D eigenvalue weighted by atomic mass is 32.2. The summed E-state index contributed by atoms with van der Waals surface area (Å²) in [7, 11) is 0. The molecule has 17 heavy (non-hydrogen) atoms. The molecule has 0 amide bonds. The molecule has 0 saturated heterocycles. The van der Waals surface area contributed by atoms with Gasteiger partial charge < -0.3 is 15.3 Å². The lowest BCUT2D eigenvalue weighted by Crippen LogP contribution is -2.21. The molecule has 4 nitrogen and oxygen atoms in total. The van der Waals surface area contributed by atoms with Gasteiger partial charge >= 0.3 is 0 Å². The summed E-state index contributed by atoms with van der Waals surface area (Å²) >= 11 is 0.878. The number of carbonyl (C=O) groups excluding carboxylic acids is 1. The molecular formula is C11H13FO4S. The Morgan fingerprint density at radius 3 is 2.65 bits per heavy atom. The van der Waals surface area contributed by atoms with Crippen molar-refractivity contribution in [3.8, 4) is 5.75 Å². The minimum Gasteiger partial charge on any atom is -0.505 e. The molecule has 0 spiro atoms. The zero-order valence-electron chi connectivity index (χ0n) is 9.13. The molecule has 0 aliphatic heterocycles. The van der Waals surface area contributed by atoms with Gasteiger partial charge in [0.2, 0.25) is 0 Å². The van der Waals surface area contributed by atoms with Crippen LogP contribution in [-0.4, -0.2) is 32.3 Å². The summed E-state index contributed by atoms with van der Waals surface area (Å²) in [6.45, 7) is 1.35. The standard InChI is InChI=1S/C11H13FO4S/c1-6(13)17-5-10(15)11(16)7-2-3-9(14)8(12)4-7/h2-4,10-11,14-16H,5H2,1H3. The van der Waals surface area contributed by atoms with E-state index >= 15 is 0 Å². The van der Waals surface area contributed by atoms with Crippen LogP contribution in [0.5, 0.6) is 5.75 Å². The van der Waals surface area contributed by atoms with Crippen LogP contribution in [0.1, 0.15) is 18.6 Å². The second kappa shape index (κ2) is 6.00. The van der Waals surface area contributed by atoms with Gasteiger partial charge in [-0.2, -0.15) is 0 Å². The number of thioether (sulfide) groups is 1. The fraction of sp³-hybridized carbons (Fsp3) is 0.364. The summed E-state index contributed by atoms with van der Waals surface area (Å²) in [5.41, 5.74) is 0.150. The van der Waals surface area contributed by atoms with E-state index in [2.05, 4.69) is 0 Å². The van der Waals surface area contributed by atoms with Crippen LogP contribution in [0.4, 0.5) is 4.39 Å². The quantitative estimate of drug-likeness (QED) is 0.758. The molecule has 0 aromatic heterocycles. The van der Waals surface area contributed by atoms with E-state index in [1.54, 1.807) is 0 Å². The number of aliphatic hydroxyl groups excluding tert-OH is 2. The number of hydrogen-bond acceptors (Lipinski definition) is 5. The van der Waals surface area contributed by atoms with Crippen LogP contribution in [-0.2, 0) is 4.79 Å². The molecule has 0 aliphatic carbocycles. The summed E-state index contributed by atoms with van der Waals surface area (Å²) in [6.07, 6.45) is -2.47. The fourth-order valence-corrected chi connectivity index (χ4v) is 1.81. The van der Waals surface area contributed by atoms with Gasteiger partial charge in [0.15, 0.2) is 16.7 Å². The van der Waals surface area contributed by atoms with Gasteiger partial charge in [0.1, 0.15) is 6.10 Å². The number of aliphatic hydroxyl groups is 2. The van der Waals surface area contributed by atoms with Gasteiger partial charge in [0, 0.05) is 12.7 Å². The van der Waals surface area contributed by atoms with E-state index in [-0.39, 0.29) is 16.4 Å². The van der Waals surface area contributed by atoms with Crippen LogP contribution < -0.4 is 0 Å². The zero-order chi connectivity index (χ0) is 13.0. The van der Waals surface area contributed by atoms with Gasteiger partial charge in [-0.25, -0.2) is 4.39 Å². The van der Waals surface area contributed by atoms with Crippen molar-refractivity contribution in [3.63, 3.8) is 0 Å². The number of halogens is 1. The minimum absolute atomic E-state index is 0.0268. The van der Waals surface area contributed by atoms with Gasteiger partial charge in [-0.05, 0) is 17.7 Å². The Morgan fingerprint density at radius 2 is 2.12 bits per heavy atom. The molecular weight excluding hydrogens is 247 g/mol. The van der Waals surface area contributed by atoms with E-state index in [4.69, 9.17) is 5.11 Å². The highest BCUT2D eigenvalue weighted by Crippen LogP contribution is 2.24. The van der Waals surface area contributed by atoms with Crippen LogP contribution in [0.15, 0.2) is 18.2 Å². The number of phenols is 1. The van der Waals surface area contributed by atoms with Crippen LogP contribution in [0, 0.1) is 5.82 Å². The summed E-state index contributed by atoms with van der Waals surface area (Å²) in [5.74, 6) is -1.36. The number of rotatable bonds is 4. The first kappa shape index (κ1) is 14.0. The van der Waals surface area contributed by atoms with Crippen molar-refractivity contribution >= 4 is 16.9 Å². The molecule has 0 fully saturated rings. The lowest BCUT2D eigenvalue weighted by atomic mass is 10.1. The Hall–Kier alpha value is -1.11. The van der Waals surface area contributed by atoms with E-state index in [1.165, 1.54) is 13.0 Å². The summed E-state index contributed by atoms with van der Waals surface area (Å²) in [6, 6.07) is 3.35. The van der Waals surface area contributed by atoms with Crippen LogP contribution in [0.3, 0.4) is 0 Å². The predicted molar refractivity (Wildman–Crippen MR) is 62.2 cm³/mol. The number of hydrogen-bond donors (Lipinski definition) is 3. The molecule has 0 radical (unpaired) electrons. The normalized spacial score (nSPS) is 14.4. The van der Waals surface area contributed by atoms with Crippen LogP contribution >= 0.6 is 11.8 Å². The smallest absolute Gasteiger partial charge is 0.185 e. The Morgan fingerprint density at radius 1 is 1.47 bits per heavy atom. The molecule has 0 heterocycles. The number of carbonyl (C=O) groups is 1. The maximum Gasteiger partial charge on any atom is 0.185 e. The second-order valence-corrected chi connectivity index (χ2v) is 4.72. The summed E-state index contributed by atoms with van der Waals surface area (Å²) in [4.78, 5) is 10.7. The van der Waals surface area contributed by atoms with E-state index in [0.717, 1.165) is 23.9 Å². The number of benzene rings is 1. The van der Waals surface area contributed by atoms with Gasteiger partial charge in [0.25, 0.3) is 0 Å². The average molecular weight is 260 g/mol. The van der Waals surface area contributed by atoms with Gasteiger partial charge in [-0.15, -0.1) is 0 Å². The zero-order valence-corrected chi connectivity index (χ0v) is 9.95. The van der Waals surface area contributed by atoms with E-state index in [1.807, 2.05) is 0 Å². The van der Waals surface area contributed by atoms with Crippen molar-refractivity contribution in [2.45, 2.75) is 19.1 Å². The number of phenolic OH excluding ortho intramolecular Hbond substituents is 1. The predicted octanol–water partition coefficient (Wildman–Crippen LogP) is 1.21. The first-order chi connectivity index (χ1) is 7.91. The summed E-state index contributed by atoms with van der Waals surface area (Å²) < 4.78 is 13.0. The van der Waals surface area contributed by atoms with Gasteiger partial charge in [0.05, 0.1) is 6.10 Å². The van der Waals surface area contributed by atoms with Crippen molar-refractivity contribution in [2.75, 3.05) is 5.75 Å². The average Bonchev–Trinajstić information content (AvgIpc) is 2.28. The SMILES string of the molecule is CC(=O)SCC(O)C(O)c1ccc(O)c(F)c1.